The van der Waals surface area contributed by atoms with Gasteiger partial charge in [-0.3, -0.25) is 0 Å². The Morgan fingerprint density at radius 2 is 0.813 bits per heavy atom. The van der Waals surface area contributed by atoms with E-state index in [1.165, 1.54) is 71.1 Å². The Morgan fingerprint density at radius 3 is 1.60 bits per heavy atom. The van der Waals surface area contributed by atoms with Crippen molar-refractivity contribution in [3.05, 3.63) is 271 Å². The molecule has 0 fully saturated rings. The first-order valence-corrected chi connectivity index (χ1v) is 26.3. The van der Waals surface area contributed by atoms with E-state index in [0.29, 0.717) is 17.5 Å². The minimum atomic E-state index is -0.433. The first-order valence-electron chi connectivity index (χ1n) is 25.5. The SMILES string of the molecule is c1ccc(-c2cccc(-c3nc(-c4cccc5c4sc4ccccc45)nc(-c4cccc5oc6ccc(-c7ccc(-c8cccc9c8C8(c%10ccccc%10-c%10ccccc%108)c8ccccc8-9)cc7)cc6c45)n3)c2)cc1. The maximum Gasteiger partial charge on any atom is 0.165 e. The van der Waals surface area contributed by atoms with E-state index in [1.807, 2.05) is 18.2 Å². The van der Waals surface area contributed by atoms with Gasteiger partial charge >= 0.3 is 0 Å². The molecule has 0 N–H and O–H groups in total. The number of aromatic nitrogens is 3. The third kappa shape index (κ3) is 6.19. The third-order valence-corrected chi connectivity index (χ3v) is 17.0. The van der Waals surface area contributed by atoms with Crippen molar-refractivity contribution < 1.29 is 4.42 Å². The molecule has 0 radical (unpaired) electrons. The van der Waals surface area contributed by atoms with Crippen molar-refractivity contribution in [3.63, 3.8) is 0 Å². The minimum absolute atomic E-state index is 0.433. The average molecular weight is 972 g/mol. The first kappa shape index (κ1) is 42.0. The lowest BCUT2D eigenvalue weighted by molar-refractivity contribution is 0.669. The molecule has 0 saturated carbocycles. The maximum absolute atomic E-state index is 6.66. The van der Waals surface area contributed by atoms with Crippen molar-refractivity contribution in [2.75, 3.05) is 0 Å². The number of rotatable bonds is 6. The van der Waals surface area contributed by atoms with Gasteiger partial charge in [-0.05, 0) is 114 Å². The number of hydrogen-bond acceptors (Lipinski definition) is 5. The molecule has 16 rings (SSSR count). The standard InChI is InChI=1S/C70H41N3OS/c1-2-16-42(17-3-1)45-18-12-19-47(40-45)67-71-68(73-69(72-67)56-28-14-26-54-52-23-7-11-33-63(52)75-66(54)56)55-27-15-32-62-64(55)57-41-46(38-39-61(57)74-62)43-34-36-44(37-35-43)48-24-13-25-53-51-22-6-10-31-60(51)70(65(48)53)58-29-8-4-20-49(58)50-21-5-9-30-59(50)70/h1-41H. The minimum Gasteiger partial charge on any atom is -0.456 e. The Kier molecular flexibility index (Phi) is 9.09. The average Bonchev–Trinajstić information content (AvgIpc) is 4.30. The summed E-state index contributed by atoms with van der Waals surface area (Å²) in [6.45, 7) is 0. The Labute approximate surface area is 436 Å². The molecule has 0 saturated heterocycles. The molecule has 4 nitrogen and oxygen atoms in total. The van der Waals surface area contributed by atoms with Crippen LogP contribution in [0.1, 0.15) is 22.3 Å². The molecule has 2 aliphatic rings. The van der Waals surface area contributed by atoms with E-state index < -0.39 is 5.41 Å². The quantitative estimate of drug-likeness (QED) is 0.167. The molecule has 0 unspecified atom stereocenters. The van der Waals surface area contributed by atoms with Crippen molar-refractivity contribution in [2.45, 2.75) is 5.41 Å². The normalized spacial score (nSPS) is 12.9. The van der Waals surface area contributed by atoms with E-state index in [9.17, 15) is 0 Å². The molecule has 0 atom stereocenters. The third-order valence-electron chi connectivity index (χ3n) is 15.8. The fourth-order valence-electron chi connectivity index (χ4n) is 12.6. The lowest BCUT2D eigenvalue weighted by Gasteiger charge is -2.32. The van der Waals surface area contributed by atoms with Gasteiger partial charge in [0.25, 0.3) is 0 Å². The van der Waals surface area contributed by atoms with Crippen LogP contribution in [0.5, 0.6) is 0 Å². The molecular formula is C70H41N3OS. The van der Waals surface area contributed by atoms with Gasteiger partial charge in [-0.15, -0.1) is 11.3 Å². The van der Waals surface area contributed by atoms with E-state index in [4.69, 9.17) is 19.4 Å². The summed E-state index contributed by atoms with van der Waals surface area (Å²) in [4.78, 5) is 16.0. The van der Waals surface area contributed by atoms with Crippen molar-refractivity contribution in [1.82, 2.24) is 15.0 Å². The lowest BCUT2D eigenvalue weighted by atomic mass is 9.68. The van der Waals surface area contributed by atoms with Gasteiger partial charge in [0.05, 0.1) is 5.41 Å². The molecule has 0 aliphatic heterocycles. The van der Waals surface area contributed by atoms with E-state index in [2.05, 4.69) is 231 Å². The fourth-order valence-corrected chi connectivity index (χ4v) is 13.8. The van der Waals surface area contributed by atoms with E-state index >= 15 is 0 Å². The molecule has 3 aromatic heterocycles. The van der Waals surface area contributed by atoms with Gasteiger partial charge < -0.3 is 4.42 Å². The van der Waals surface area contributed by atoms with E-state index in [0.717, 1.165) is 65.6 Å². The fraction of sp³-hybridized carbons (Fsp3) is 0.0143. The van der Waals surface area contributed by atoms with Crippen LogP contribution in [0.15, 0.2) is 253 Å². The highest BCUT2D eigenvalue weighted by Crippen LogP contribution is 2.64. The van der Waals surface area contributed by atoms with Crippen LogP contribution in [0.25, 0.3) is 132 Å². The van der Waals surface area contributed by atoms with Crippen LogP contribution in [0.3, 0.4) is 0 Å². The van der Waals surface area contributed by atoms with Crippen molar-refractivity contribution >= 4 is 53.4 Å². The van der Waals surface area contributed by atoms with Gasteiger partial charge in [-0.1, -0.05) is 212 Å². The zero-order valence-corrected chi connectivity index (χ0v) is 41.1. The van der Waals surface area contributed by atoms with Gasteiger partial charge in [-0.2, -0.15) is 0 Å². The molecule has 75 heavy (non-hydrogen) atoms. The predicted octanol–water partition coefficient (Wildman–Crippen LogP) is 18.5. The van der Waals surface area contributed by atoms with Crippen LogP contribution in [0, 0.1) is 0 Å². The number of hydrogen-bond donors (Lipinski definition) is 0. The molecule has 1 spiro atoms. The second kappa shape index (κ2) is 16.2. The molecule has 348 valence electrons. The Balaban J connectivity index is 0.837. The second-order valence-electron chi connectivity index (χ2n) is 19.7. The smallest absolute Gasteiger partial charge is 0.165 e. The molecular weight excluding hydrogens is 931 g/mol. The molecule has 0 amide bonds. The summed E-state index contributed by atoms with van der Waals surface area (Å²) in [5, 5.41) is 4.39. The van der Waals surface area contributed by atoms with Crippen LogP contribution >= 0.6 is 11.3 Å². The van der Waals surface area contributed by atoms with E-state index in [-0.39, 0.29) is 0 Å². The number of thiophene rings is 1. The number of fused-ring (bicyclic) bond motifs is 16. The van der Waals surface area contributed by atoms with Crippen molar-refractivity contribution in [2.24, 2.45) is 0 Å². The van der Waals surface area contributed by atoms with Gasteiger partial charge in [0, 0.05) is 47.6 Å². The van der Waals surface area contributed by atoms with Crippen LogP contribution in [0.2, 0.25) is 0 Å². The monoisotopic (exact) mass is 971 g/mol. The van der Waals surface area contributed by atoms with Crippen LogP contribution < -0.4 is 0 Å². The van der Waals surface area contributed by atoms with Crippen LogP contribution in [-0.4, -0.2) is 15.0 Å². The summed E-state index contributed by atoms with van der Waals surface area (Å²) in [6.07, 6.45) is 0. The van der Waals surface area contributed by atoms with Gasteiger partial charge in [0.1, 0.15) is 11.2 Å². The summed E-state index contributed by atoms with van der Waals surface area (Å²) < 4.78 is 9.05. The molecule has 3 heterocycles. The van der Waals surface area contributed by atoms with Crippen LogP contribution in [-0.2, 0) is 5.41 Å². The second-order valence-corrected chi connectivity index (χ2v) is 20.8. The molecule has 2 aliphatic carbocycles. The summed E-state index contributed by atoms with van der Waals surface area (Å²) in [5.74, 6) is 1.82. The van der Waals surface area contributed by atoms with Gasteiger partial charge in [0.2, 0.25) is 0 Å². The van der Waals surface area contributed by atoms with E-state index in [1.54, 1.807) is 11.3 Å². The molecule has 14 aromatic rings. The molecule has 0 bridgehead atoms. The highest BCUT2D eigenvalue weighted by atomic mass is 32.1. The Bertz CT molecular complexity index is 4600. The summed E-state index contributed by atoms with van der Waals surface area (Å²) in [5.41, 5.74) is 21.4. The van der Waals surface area contributed by atoms with Crippen molar-refractivity contribution in [3.8, 4) is 89.8 Å². The number of nitrogens with zero attached hydrogens (tertiary/aromatic N) is 3. The molecule has 5 heteroatoms. The Morgan fingerprint density at radius 1 is 0.307 bits per heavy atom. The van der Waals surface area contributed by atoms with Gasteiger partial charge in [-0.25, -0.2) is 15.0 Å². The number of furan rings is 1. The summed E-state index contributed by atoms with van der Waals surface area (Å²) in [7, 11) is 0. The zero-order chi connectivity index (χ0) is 49.2. The summed E-state index contributed by atoms with van der Waals surface area (Å²) >= 11 is 1.78. The first-order chi connectivity index (χ1) is 37.2. The van der Waals surface area contributed by atoms with Crippen LogP contribution in [0.4, 0.5) is 0 Å². The summed E-state index contributed by atoms with van der Waals surface area (Å²) in [6, 6.07) is 89.8. The highest BCUT2D eigenvalue weighted by Gasteiger charge is 2.52. The maximum atomic E-state index is 6.66. The lowest BCUT2D eigenvalue weighted by Crippen LogP contribution is -2.26. The highest BCUT2D eigenvalue weighted by molar-refractivity contribution is 7.26. The zero-order valence-electron chi connectivity index (χ0n) is 40.3. The van der Waals surface area contributed by atoms with Crippen molar-refractivity contribution in [1.29, 1.82) is 0 Å². The Hall–Kier alpha value is -9.55. The predicted molar refractivity (Wildman–Crippen MR) is 309 cm³/mol. The van der Waals surface area contributed by atoms with Gasteiger partial charge in [0.15, 0.2) is 17.5 Å². The largest absolute Gasteiger partial charge is 0.456 e. The molecule has 11 aromatic carbocycles. The topological polar surface area (TPSA) is 51.8 Å². The number of benzene rings is 11.